The lowest BCUT2D eigenvalue weighted by Gasteiger charge is -2.35. The van der Waals surface area contributed by atoms with Crippen molar-refractivity contribution >= 4 is 17.7 Å². The number of carbonyl (C=O) groups is 2. The maximum atomic E-state index is 12.0. The molecule has 0 radical (unpaired) electrons. The van der Waals surface area contributed by atoms with E-state index in [1.165, 1.54) is 17.0 Å². The first kappa shape index (κ1) is 17.7. The lowest BCUT2D eigenvalue weighted by atomic mass is 9.81. The Bertz CT molecular complexity index is 660. The van der Waals surface area contributed by atoms with Gasteiger partial charge >= 0.3 is 12.1 Å². The molecule has 1 aliphatic heterocycles. The molecule has 1 aromatic rings. The number of rotatable bonds is 4. The maximum Gasteiger partial charge on any atom is 0.407 e. The van der Waals surface area contributed by atoms with Gasteiger partial charge in [0.25, 0.3) is 5.69 Å². The van der Waals surface area contributed by atoms with Crippen LogP contribution in [0.2, 0.25) is 0 Å². The molecule has 24 heavy (non-hydrogen) atoms. The average Bonchev–Trinajstić information content (AvgIpc) is 2.54. The Labute approximate surface area is 139 Å². The van der Waals surface area contributed by atoms with E-state index in [1.54, 1.807) is 13.0 Å². The molecule has 1 N–H and O–H groups in total. The number of benzene rings is 1. The van der Waals surface area contributed by atoms with Crippen LogP contribution in [0.4, 0.5) is 10.5 Å². The number of nitro benzene ring substituents is 1. The molecule has 1 aromatic carbocycles. The smallest absolute Gasteiger partial charge is 0.407 e. The first-order chi connectivity index (χ1) is 11.3. The van der Waals surface area contributed by atoms with E-state index in [0.717, 1.165) is 5.56 Å². The third kappa shape index (κ3) is 3.64. The molecular formula is C16H20N2O6. The number of esters is 1. The highest BCUT2D eigenvalue weighted by atomic mass is 16.6. The van der Waals surface area contributed by atoms with Crippen molar-refractivity contribution in [2.45, 2.75) is 26.2 Å². The first-order valence-corrected chi connectivity index (χ1v) is 7.78. The molecule has 2 rings (SSSR count). The van der Waals surface area contributed by atoms with Crippen molar-refractivity contribution in [1.29, 1.82) is 0 Å². The molecule has 8 heteroatoms. The summed E-state index contributed by atoms with van der Waals surface area (Å²) in [6, 6.07) is 4.46. The fourth-order valence-electron chi connectivity index (χ4n) is 3.13. The molecule has 8 nitrogen and oxygen atoms in total. The molecule has 0 spiro atoms. The molecule has 0 saturated carbocycles. The van der Waals surface area contributed by atoms with Crippen molar-refractivity contribution in [2.75, 3.05) is 19.7 Å². The monoisotopic (exact) mass is 336 g/mol. The van der Waals surface area contributed by atoms with Crippen LogP contribution < -0.4 is 0 Å². The Hall–Kier alpha value is -2.64. The van der Waals surface area contributed by atoms with Crippen molar-refractivity contribution in [3.05, 3.63) is 39.4 Å². The summed E-state index contributed by atoms with van der Waals surface area (Å²) in [5.41, 5.74) is 0.446. The minimum atomic E-state index is -0.948. The van der Waals surface area contributed by atoms with E-state index in [-0.39, 0.29) is 29.7 Å². The minimum absolute atomic E-state index is 0.0366. The number of nitrogens with zero attached hydrogens (tertiary/aromatic N) is 2. The van der Waals surface area contributed by atoms with Crippen molar-refractivity contribution in [2.24, 2.45) is 5.92 Å². The molecule has 1 unspecified atom stereocenters. The number of hydrogen-bond donors (Lipinski definition) is 1. The van der Waals surface area contributed by atoms with Gasteiger partial charge in [0, 0.05) is 19.2 Å². The van der Waals surface area contributed by atoms with E-state index in [9.17, 15) is 19.7 Å². The van der Waals surface area contributed by atoms with Gasteiger partial charge in [-0.25, -0.2) is 9.59 Å². The third-order valence-electron chi connectivity index (χ3n) is 4.32. The Morgan fingerprint density at radius 3 is 2.71 bits per heavy atom. The van der Waals surface area contributed by atoms with Gasteiger partial charge in [0.05, 0.1) is 11.5 Å². The summed E-state index contributed by atoms with van der Waals surface area (Å²) >= 11 is 0. The number of ether oxygens (including phenoxy) is 1. The van der Waals surface area contributed by atoms with Crippen molar-refractivity contribution in [3.8, 4) is 0 Å². The fraction of sp³-hybridized carbons (Fsp3) is 0.500. The number of piperidine rings is 1. The SMILES string of the molecule is CCOC(=O)c1cc(C2CCN(C(=O)O)C[C@H]2C)ccc1[N+](=O)[O-]. The summed E-state index contributed by atoms with van der Waals surface area (Å²) < 4.78 is 4.91. The number of amides is 1. The van der Waals surface area contributed by atoms with E-state index >= 15 is 0 Å². The van der Waals surface area contributed by atoms with E-state index in [2.05, 4.69) is 0 Å². The van der Waals surface area contributed by atoms with Crippen LogP contribution in [-0.2, 0) is 4.74 Å². The van der Waals surface area contributed by atoms with Gasteiger partial charge in [-0.1, -0.05) is 13.0 Å². The Kier molecular flexibility index (Phi) is 5.38. The minimum Gasteiger partial charge on any atom is -0.465 e. The largest absolute Gasteiger partial charge is 0.465 e. The van der Waals surface area contributed by atoms with Gasteiger partial charge in [0.15, 0.2) is 0 Å². The normalized spacial score (nSPS) is 20.5. The molecule has 0 bridgehead atoms. The lowest BCUT2D eigenvalue weighted by molar-refractivity contribution is -0.385. The molecule has 1 aliphatic rings. The summed E-state index contributed by atoms with van der Waals surface area (Å²) in [6.45, 7) is 4.50. The number of carboxylic acid groups (broad SMARTS) is 1. The quantitative estimate of drug-likeness (QED) is 0.514. The Morgan fingerprint density at radius 2 is 2.17 bits per heavy atom. The lowest BCUT2D eigenvalue weighted by Crippen LogP contribution is -2.41. The molecule has 2 atom stereocenters. The van der Waals surface area contributed by atoms with Crippen molar-refractivity contribution in [1.82, 2.24) is 4.90 Å². The molecule has 0 aromatic heterocycles. The van der Waals surface area contributed by atoms with Gasteiger partial charge in [-0.2, -0.15) is 0 Å². The predicted molar refractivity (Wildman–Crippen MR) is 85.2 cm³/mol. The highest BCUT2D eigenvalue weighted by Gasteiger charge is 2.31. The molecule has 1 saturated heterocycles. The summed E-state index contributed by atoms with van der Waals surface area (Å²) in [7, 11) is 0. The zero-order valence-electron chi connectivity index (χ0n) is 13.6. The highest BCUT2D eigenvalue weighted by molar-refractivity contribution is 5.94. The third-order valence-corrected chi connectivity index (χ3v) is 4.32. The second-order valence-corrected chi connectivity index (χ2v) is 5.86. The van der Waals surface area contributed by atoms with Crippen LogP contribution in [0, 0.1) is 16.0 Å². The van der Waals surface area contributed by atoms with Crippen LogP contribution in [0.5, 0.6) is 0 Å². The summed E-state index contributed by atoms with van der Waals surface area (Å²) in [6.07, 6.45) is -0.343. The van der Waals surface area contributed by atoms with Crippen LogP contribution in [0.1, 0.15) is 42.1 Å². The number of nitro groups is 1. The standard InChI is InChI=1S/C16H20N2O6/c1-3-24-15(19)13-8-11(4-5-14(13)18(22)23)12-6-7-17(16(20)21)9-10(12)2/h4-5,8,10,12H,3,6-7,9H2,1-2H3,(H,20,21)/t10-,12?/m1/s1. The van der Waals surface area contributed by atoms with Crippen molar-refractivity contribution < 1.29 is 24.4 Å². The van der Waals surface area contributed by atoms with Crippen LogP contribution in [0.15, 0.2) is 18.2 Å². The molecule has 130 valence electrons. The number of likely N-dealkylation sites (tertiary alicyclic amines) is 1. The van der Waals surface area contributed by atoms with Gasteiger partial charge in [-0.15, -0.1) is 0 Å². The molecular weight excluding hydrogens is 316 g/mol. The van der Waals surface area contributed by atoms with Gasteiger partial charge in [-0.3, -0.25) is 10.1 Å². The van der Waals surface area contributed by atoms with Crippen molar-refractivity contribution in [3.63, 3.8) is 0 Å². The fourth-order valence-corrected chi connectivity index (χ4v) is 3.13. The second-order valence-electron chi connectivity index (χ2n) is 5.86. The van der Waals surface area contributed by atoms with E-state index in [1.807, 2.05) is 6.92 Å². The topological polar surface area (TPSA) is 110 Å². The van der Waals surface area contributed by atoms with Crippen LogP contribution >= 0.6 is 0 Å². The van der Waals surface area contributed by atoms with Crippen LogP contribution in [0.3, 0.4) is 0 Å². The zero-order valence-corrected chi connectivity index (χ0v) is 13.6. The molecule has 1 heterocycles. The summed E-state index contributed by atoms with van der Waals surface area (Å²) in [5.74, 6) is -0.636. The Balaban J connectivity index is 2.31. The summed E-state index contributed by atoms with van der Waals surface area (Å²) in [4.78, 5) is 35.0. The van der Waals surface area contributed by atoms with E-state index in [4.69, 9.17) is 9.84 Å². The van der Waals surface area contributed by atoms with Crippen LogP contribution in [0.25, 0.3) is 0 Å². The molecule has 1 fully saturated rings. The van der Waals surface area contributed by atoms with Gasteiger partial charge in [-0.05, 0) is 36.8 Å². The summed E-state index contributed by atoms with van der Waals surface area (Å²) in [5, 5.41) is 20.2. The predicted octanol–water partition coefficient (Wildman–Crippen LogP) is 2.87. The zero-order chi connectivity index (χ0) is 17.9. The van der Waals surface area contributed by atoms with E-state index < -0.39 is 17.0 Å². The van der Waals surface area contributed by atoms with Gasteiger partial charge in [0.1, 0.15) is 5.56 Å². The average molecular weight is 336 g/mol. The first-order valence-electron chi connectivity index (χ1n) is 7.78. The Morgan fingerprint density at radius 1 is 1.46 bits per heavy atom. The highest BCUT2D eigenvalue weighted by Crippen LogP contribution is 2.35. The number of hydrogen-bond acceptors (Lipinski definition) is 5. The number of carbonyl (C=O) groups excluding carboxylic acids is 1. The van der Waals surface area contributed by atoms with Gasteiger partial charge in [0.2, 0.25) is 0 Å². The maximum absolute atomic E-state index is 12.0. The second kappa shape index (κ2) is 7.29. The molecule has 0 aliphatic carbocycles. The van der Waals surface area contributed by atoms with Gasteiger partial charge < -0.3 is 14.7 Å². The van der Waals surface area contributed by atoms with E-state index in [0.29, 0.717) is 19.5 Å². The van der Waals surface area contributed by atoms with Crippen LogP contribution in [-0.4, -0.2) is 46.7 Å². The molecule has 1 amide bonds.